The predicted octanol–water partition coefficient (Wildman–Crippen LogP) is 4.36. The first-order valence-electron chi connectivity index (χ1n) is 8.95. The van der Waals surface area contributed by atoms with Crippen LogP contribution in [0.25, 0.3) is 10.9 Å². The number of hydrogen-bond acceptors (Lipinski definition) is 3. The topological polar surface area (TPSA) is 51.2 Å². The summed E-state index contributed by atoms with van der Waals surface area (Å²) >= 11 is 0. The minimum Gasteiger partial charge on any atom is -0.497 e. The minimum atomic E-state index is -0.256. The van der Waals surface area contributed by atoms with E-state index in [1.807, 2.05) is 49.4 Å². The van der Waals surface area contributed by atoms with Crippen molar-refractivity contribution in [3.05, 3.63) is 71.4 Å². The molecule has 0 radical (unpaired) electrons. The number of carbonyl (C=O) groups is 1. The van der Waals surface area contributed by atoms with Crippen molar-refractivity contribution in [1.82, 2.24) is 10.3 Å². The van der Waals surface area contributed by atoms with E-state index in [2.05, 4.69) is 22.4 Å². The fourth-order valence-corrected chi connectivity index (χ4v) is 3.67. The number of ether oxygens (including phenoxy) is 1. The van der Waals surface area contributed by atoms with Gasteiger partial charge in [0.15, 0.2) is 0 Å². The smallest absolute Gasteiger partial charge is 0.253 e. The Labute approximate surface area is 153 Å². The Balaban J connectivity index is 1.68. The highest BCUT2D eigenvalue weighted by Crippen LogP contribution is 2.41. The number of benzene rings is 2. The van der Waals surface area contributed by atoms with Crippen LogP contribution < -0.4 is 10.1 Å². The molecule has 132 valence electrons. The maximum Gasteiger partial charge on any atom is 0.253 e. The number of nitrogens with zero attached hydrogens (tertiary/aromatic N) is 1. The van der Waals surface area contributed by atoms with E-state index in [1.165, 1.54) is 5.56 Å². The molecular weight excluding hydrogens is 324 g/mol. The number of hydrogen-bond donors (Lipinski definition) is 1. The highest BCUT2D eigenvalue weighted by atomic mass is 16.5. The zero-order valence-electron chi connectivity index (χ0n) is 15.1. The van der Waals surface area contributed by atoms with Gasteiger partial charge >= 0.3 is 0 Å². The van der Waals surface area contributed by atoms with Crippen molar-refractivity contribution in [3.8, 4) is 5.75 Å². The molecule has 1 saturated carbocycles. The number of rotatable bonds is 4. The second kappa shape index (κ2) is 6.45. The van der Waals surface area contributed by atoms with Crippen molar-refractivity contribution in [2.24, 2.45) is 0 Å². The Morgan fingerprint density at radius 3 is 2.54 bits per heavy atom. The molecule has 1 aromatic heterocycles. The molecule has 2 aromatic carbocycles. The molecule has 0 spiro atoms. The normalized spacial score (nSPS) is 15.3. The first kappa shape index (κ1) is 16.6. The molecule has 1 aliphatic carbocycles. The molecular formula is C22H22N2O2. The maximum absolute atomic E-state index is 13.1. The summed E-state index contributed by atoms with van der Waals surface area (Å²) in [5.74, 6) is 0.692. The fourth-order valence-electron chi connectivity index (χ4n) is 3.67. The van der Waals surface area contributed by atoms with Crippen LogP contribution >= 0.6 is 0 Å². The lowest BCUT2D eigenvalue weighted by Crippen LogP contribution is -2.50. The highest BCUT2D eigenvalue weighted by molar-refractivity contribution is 5.99. The van der Waals surface area contributed by atoms with Crippen LogP contribution in [0.5, 0.6) is 5.75 Å². The van der Waals surface area contributed by atoms with Gasteiger partial charge in [-0.25, -0.2) is 0 Å². The number of fused-ring (bicyclic) bond motifs is 1. The zero-order chi connectivity index (χ0) is 18.1. The Hall–Kier alpha value is -2.88. The summed E-state index contributed by atoms with van der Waals surface area (Å²) in [5.41, 5.74) is 3.14. The van der Waals surface area contributed by atoms with Gasteiger partial charge in [0.25, 0.3) is 5.91 Å². The second-order valence-electron chi connectivity index (χ2n) is 6.94. The molecule has 1 fully saturated rings. The standard InChI is InChI=1S/C22H22N2O2/c1-15-19(14-16-13-18(26-2)9-10-20(16)23-15)21(25)24-22(11-6-12-22)17-7-4-3-5-8-17/h3-5,7-10,13-14H,6,11-12H2,1-2H3,(H,24,25). The molecule has 1 aliphatic rings. The van der Waals surface area contributed by atoms with Crippen molar-refractivity contribution in [2.75, 3.05) is 7.11 Å². The SMILES string of the molecule is COc1ccc2nc(C)c(C(=O)NC3(c4ccccc4)CCC3)cc2c1. The van der Waals surface area contributed by atoms with E-state index in [-0.39, 0.29) is 11.4 Å². The number of aromatic nitrogens is 1. The molecule has 1 N–H and O–H groups in total. The third kappa shape index (κ3) is 2.81. The van der Waals surface area contributed by atoms with Crippen LogP contribution in [0, 0.1) is 6.92 Å². The Kier molecular flexibility index (Phi) is 4.11. The van der Waals surface area contributed by atoms with Crippen molar-refractivity contribution in [2.45, 2.75) is 31.7 Å². The third-order valence-electron chi connectivity index (χ3n) is 5.34. The molecule has 0 aliphatic heterocycles. The minimum absolute atomic E-state index is 0.0664. The van der Waals surface area contributed by atoms with Crippen LogP contribution in [-0.2, 0) is 5.54 Å². The first-order valence-corrected chi connectivity index (χ1v) is 8.95. The highest BCUT2D eigenvalue weighted by Gasteiger charge is 2.40. The summed E-state index contributed by atoms with van der Waals surface area (Å²) < 4.78 is 5.29. The molecule has 0 unspecified atom stereocenters. The summed E-state index contributed by atoms with van der Waals surface area (Å²) in [6, 6.07) is 17.9. The molecule has 0 bridgehead atoms. The van der Waals surface area contributed by atoms with Crippen LogP contribution in [0.1, 0.15) is 40.9 Å². The Morgan fingerprint density at radius 2 is 1.88 bits per heavy atom. The first-order chi connectivity index (χ1) is 12.6. The molecule has 26 heavy (non-hydrogen) atoms. The van der Waals surface area contributed by atoms with E-state index < -0.39 is 0 Å². The average Bonchev–Trinajstić information content (AvgIpc) is 2.64. The van der Waals surface area contributed by atoms with Gasteiger partial charge in [0, 0.05) is 5.39 Å². The van der Waals surface area contributed by atoms with Crippen LogP contribution in [0.4, 0.5) is 0 Å². The fraction of sp³-hybridized carbons (Fsp3) is 0.273. The average molecular weight is 346 g/mol. The van der Waals surface area contributed by atoms with Crippen LogP contribution in [-0.4, -0.2) is 18.0 Å². The van der Waals surface area contributed by atoms with E-state index in [9.17, 15) is 4.79 Å². The summed E-state index contributed by atoms with van der Waals surface area (Å²) in [7, 11) is 1.64. The molecule has 4 rings (SSSR count). The number of methoxy groups -OCH3 is 1. The van der Waals surface area contributed by atoms with Gasteiger partial charge in [0.05, 0.1) is 29.4 Å². The largest absolute Gasteiger partial charge is 0.497 e. The lowest BCUT2D eigenvalue weighted by atomic mass is 9.71. The number of aryl methyl sites for hydroxylation is 1. The Bertz CT molecular complexity index is 963. The lowest BCUT2D eigenvalue weighted by molar-refractivity contribution is 0.0822. The van der Waals surface area contributed by atoms with Crippen LogP contribution in [0.3, 0.4) is 0 Å². The van der Waals surface area contributed by atoms with Gasteiger partial charge in [-0.05, 0) is 56.0 Å². The quantitative estimate of drug-likeness (QED) is 0.763. The summed E-state index contributed by atoms with van der Waals surface area (Å²) in [6.07, 6.45) is 3.06. The number of nitrogens with one attached hydrogen (secondary N) is 1. The van der Waals surface area contributed by atoms with E-state index in [4.69, 9.17) is 4.74 Å². The van der Waals surface area contributed by atoms with Gasteiger partial charge in [0.2, 0.25) is 0 Å². The van der Waals surface area contributed by atoms with Gasteiger partial charge in [-0.1, -0.05) is 30.3 Å². The Morgan fingerprint density at radius 1 is 1.12 bits per heavy atom. The van der Waals surface area contributed by atoms with Crippen LogP contribution in [0.15, 0.2) is 54.6 Å². The van der Waals surface area contributed by atoms with Crippen LogP contribution in [0.2, 0.25) is 0 Å². The summed E-state index contributed by atoms with van der Waals surface area (Å²) in [4.78, 5) is 17.7. The monoisotopic (exact) mass is 346 g/mol. The summed E-state index contributed by atoms with van der Waals surface area (Å²) in [6.45, 7) is 1.88. The van der Waals surface area contributed by atoms with Gasteiger partial charge in [-0.15, -0.1) is 0 Å². The maximum atomic E-state index is 13.1. The second-order valence-corrected chi connectivity index (χ2v) is 6.94. The van der Waals surface area contributed by atoms with E-state index in [1.54, 1.807) is 7.11 Å². The number of pyridine rings is 1. The predicted molar refractivity (Wildman–Crippen MR) is 102 cm³/mol. The van der Waals surface area contributed by atoms with Crippen molar-refractivity contribution >= 4 is 16.8 Å². The third-order valence-corrected chi connectivity index (χ3v) is 5.34. The van der Waals surface area contributed by atoms with Gasteiger partial charge in [0.1, 0.15) is 5.75 Å². The van der Waals surface area contributed by atoms with Crippen molar-refractivity contribution in [1.29, 1.82) is 0 Å². The van der Waals surface area contributed by atoms with E-state index >= 15 is 0 Å². The summed E-state index contributed by atoms with van der Waals surface area (Å²) in [5, 5.41) is 4.19. The van der Waals surface area contributed by atoms with Crippen molar-refractivity contribution < 1.29 is 9.53 Å². The van der Waals surface area contributed by atoms with Crippen molar-refractivity contribution in [3.63, 3.8) is 0 Å². The number of carbonyl (C=O) groups excluding carboxylic acids is 1. The molecule has 1 heterocycles. The molecule has 0 atom stereocenters. The molecule has 4 heteroatoms. The lowest BCUT2D eigenvalue weighted by Gasteiger charge is -2.43. The van der Waals surface area contributed by atoms with Gasteiger partial charge in [-0.2, -0.15) is 0 Å². The molecule has 3 aromatic rings. The van der Waals surface area contributed by atoms with E-state index in [0.29, 0.717) is 5.56 Å². The zero-order valence-corrected chi connectivity index (χ0v) is 15.1. The van der Waals surface area contributed by atoms with Gasteiger partial charge in [-0.3, -0.25) is 9.78 Å². The molecule has 1 amide bonds. The van der Waals surface area contributed by atoms with E-state index in [0.717, 1.165) is 41.6 Å². The molecule has 0 saturated heterocycles. The van der Waals surface area contributed by atoms with Gasteiger partial charge < -0.3 is 10.1 Å². The number of amides is 1. The molecule has 4 nitrogen and oxygen atoms in total.